The molecule has 104 valence electrons. The molecule has 0 spiro atoms. The van der Waals surface area contributed by atoms with Crippen LogP contribution in [0.15, 0.2) is 42.5 Å². The van der Waals surface area contributed by atoms with Crippen LogP contribution in [0.25, 0.3) is 0 Å². The quantitative estimate of drug-likeness (QED) is 0.898. The first-order valence-electron chi connectivity index (χ1n) is 6.41. The zero-order valence-corrected chi connectivity index (χ0v) is 11.5. The zero-order valence-electron chi connectivity index (χ0n) is 11.5. The third kappa shape index (κ3) is 3.35. The SMILES string of the molecule is CNC(=O)c1ccc(NCc2ccc(F)c(C)c2)cc1. The third-order valence-electron chi connectivity index (χ3n) is 3.09. The van der Waals surface area contributed by atoms with Crippen molar-refractivity contribution >= 4 is 11.6 Å². The number of hydrogen-bond donors (Lipinski definition) is 2. The van der Waals surface area contributed by atoms with Gasteiger partial charge in [0.1, 0.15) is 5.82 Å². The van der Waals surface area contributed by atoms with E-state index in [0.29, 0.717) is 17.7 Å². The molecule has 0 saturated carbocycles. The summed E-state index contributed by atoms with van der Waals surface area (Å²) in [6, 6.07) is 12.3. The molecule has 2 rings (SSSR count). The minimum atomic E-state index is -0.191. The van der Waals surface area contributed by atoms with Gasteiger partial charge in [-0.1, -0.05) is 12.1 Å². The van der Waals surface area contributed by atoms with Crippen molar-refractivity contribution < 1.29 is 9.18 Å². The minimum Gasteiger partial charge on any atom is -0.381 e. The number of halogens is 1. The van der Waals surface area contributed by atoms with E-state index in [4.69, 9.17) is 0 Å². The molecule has 0 aromatic heterocycles. The highest BCUT2D eigenvalue weighted by Crippen LogP contribution is 2.13. The van der Waals surface area contributed by atoms with Crippen molar-refractivity contribution in [1.82, 2.24) is 5.32 Å². The Morgan fingerprint density at radius 1 is 1.15 bits per heavy atom. The summed E-state index contributed by atoms with van der Waals surface area (Å²) in [6.45, 7) is 2.36. The molecule has 0 aliphatic rings. The van der Waals surface area contributed by atoms with Crippen LogP contribution >= 0.6 is 0 Å². The van der Waals surface area contributed by atoms with E-state index < -0.39 is 0 Å². The Hall–Kier alpha value is -2.36. The first-order chi connectivity index (χ1) is 9.60. The average molecular weight is 272 g/mol. The van der Waals surface area contributed by atoms with Crippen LogP contribution in [0, 0.1) is 12.7 Å². The Bertz CT molecular complexity index is 608. The van der Waals surface area contributed by atoms with E-state index in [-0.39, 0.29) is 11.7 Å². The van der Waals surface area contributed by atoms with E-state index >= 15 is 0 Å². The molecule has 0 aliphatic heterocycles. The summed E-state index contributed by atoms with van der Waals surface area (Å²) in [6.07, 6.45) is 0. The van der Waals surface area contributed by atoms with Crippen LogP contribution in [0.4, 0.5) is 10.1 Å². The van der Waals surface area contributed by atoms with Crippen molar-refractivity contribution in [2.24, 2.45) is 0 Å². The second-order valence-electron chi connectivity index (χ2n) is 4.59. The molecule has 2 aromatic carbocycles. The summed E-state index contributed by atoms with van der Waals surface area (Å²) < 4.78 is 13.2. The number of carbonyl (C=O) groups is 1. The van der Waals surface area contributed by atoms with Crippen molar-refractivity contribution in [3.63, 3.8) is 0 Å². The molecular weight excluding hydrogens is 255 g/mol. The second-order valence-corrected chi connectivity index (χ2v) is 4.59. The van der Waals surface area contributed by atoms with Crippen LogP contribution in [0.1, 0.15) is 21.5 Å². The van der Waals surface area contributed by atoms with Gasteiger partial charge in [-0.05, 0) is 48.4 Å². The maximum Gasteiger partial charge on any atom is 0.251 e. The summed E-state index contributed by atoms with van der Waals surface area (Å²) in [5.74, 6) is -0.297. The molecule has 1 amide bonds. The molecule has 0 unspecified atom stereocenters. The first-order valence-corrected chi connectivity index (χ1v) is 6.41. The fourth-order valence-corrected chi connectivity index (χ4v) is 1.90. The van der Waals surface area contributed by atoms with E-state index in [1.54, 1.807) is 32.2 Å². The first kappa shape index (κ1) is 14.1. The highest BCUT2D eigenvalue weighted by Gasteiger charge is 2.03. The smallest absolute Gasteiger partial charge is 0.251 e. The third-order valence-corrected chi connectivity index (χ3v) is 3.09. The Labute approximate surface area is 117 Å². The van der Waals surface area contributed by atoms with E-state index in [9.17, 15) is 9.18 Å². The zero-order chi connectivity index (χ0) is 14.5. The van der Waals surface area contributed by atoms with Crippen LogP contribution < -0.4 is 10.6 Å². The van der Waals surface area contributed by atoms with Gasteiger partial charge in [0.25, 0.3) is 5.91 Å². The number of anilines is 1. The lowest BCUT2D eigenvalue weighted by Gasteiger charge is -2.08. The van der Waals surface area contributed by atoms with Crippen molar-refractivity contribution in [2.45, 2.75) is 13.5 Å². The Morgan fingerprint density at radius 3 is 2.45 bits per heavy atom. The van der Waals surface area contributed by atoms with Crippen molar-refractivity contribution in [1.29, 1.82) is 0 Å². The molecular formula is C16H17FN2O. The highest BCUT2D eigenvalue weighted by molar-refractivity contribution is 5.94. The van der Waals surface area contributed by atoms with Gasteiger partial charge in [-0.25, -0.2) is 4.39 Å². The average Bonchev–Trinajstić information content (AvgIpc) is 2.48. The summed E-state index contributed by atoms with van der Waals surface area (Å²) in [7, 11) is 1.60. The minimum absolute atomic E-state index is 0.106. The van der Waals surface area contributed by atoms with Crippen LogP contribution in [-0.4, -0.2) is 13.0 Å². The molecule has 4 heteroatoms. The van der Waals surface area contributed by atoms with E-state index in [2.05, 4.69) is 10.6 Å². The number of amides is 1. The number of carbonyl (C=O) groups excluding carboxylic acids is 1. The number of hydrogen-bond acceptors (Lipinski definition) is 2. The largest absolute Gasteiger partial charge is 0.381 e. The second kappa shape index (κ2) is 6.19. The summed E-state index contributed by atoms with van der Waals surface area (Å²) >= 11 is 0. The number of nitrogens with one attached hydrogen (secondary N) is 2. The van der Waals surface area contributed by atoms with Crippen molar-refractivity contribution in [3.05, 3.63) is 65.0 Å². The number of rotatable bonds is 4. The monoisotopic (exact) mass is 272 g/mol. The molecule has 0 bridgehead atoms. The topological polar surface area (TPSA) is 41.1 Å². The molecule has 3 nitrogen and oxygen atoms in total. The maximum atomic E-state index is 13.2. The molecule has 2 aromatic rings. The molecule has 0 radical (unpaired) electrons. The molecule has 0 fully saturated rings. The summed E-state index contributed by atoms with van der Waals surface area (Å²) in [4.78, 5) is 11.4. The van der Waals surface area contributed by atoms with Gasteiger partial charge in [0, 0.05) is 24.8 Å². The Morgan fingerprint density at radius 2 is 1.85 bits per heavy atom. The normalized spacial score (nSPS) is 10.2. The summed E-state index contributed by atoms with van der Waals surface area (Å²) in [5.41, 5.74) is 3.19. The van der Waals surface area contributed by atoms with Gasteiger partial charge >= 0.3 is 0 Å². The lowest BCUT2D eigenvalue weighted by atomic mass is 10.1. The lowest BCUT2D eigenvalue weighted by Crippen LogP contribution is -2.17. The lowest BCUT2D eigenvalue weighted by molar-refractivity contribution is 0.0963. The van der Waals surface area contributed by atoms with Gasteiger partial charge in [-0.3, -0.25) is 4.79 Å². The van der Waals surface area contributed by atoms with Gasteiger partial charge in [0.05, 0.1) is 0 Å². The fraction of sp³-hybridized carbons (Fsp3) is 0.188. The molecule has 2 N–H and O–H groups in total. The van der Waals surface area contributed by atoms with Gasteiger partial charge in [0.15, 0.2) is 0 Å². The van der Waals surface area contributed by atoms with Gasteiger partial charge in [0.2, 0.25) is 0 Å². The van der Waals surface area contributed by atoms with Crippen molar-refractivity contribution in [3.8, 4) is 0 Å². The summed E-state index contributed by atoms with van der Waals surface area (Å²) in [5, 5.41) is 5.81. The van der Waals surface area contributed by atoms with Crippen LogP contribution in [-0.2, 0) is 6.54 Å². The van der Waals surface area contributed by atoms with E-state index in [1.165, 1.54) is 6.07 Å². The van der Waals surface area contributed by atoms with Gasteiger partial charge in [-0.2, -0.15) is 0 Å². The Kier molecular flexibility index (Phi) is 4.35. The van der Waals surface area contributed by atoms with Crippen LogP contribution in [0.2, 0.25) is 0 Å². The van der Waals surface area contributed by atoms with Gasteiger partial charge < -0.3 is 10.6 Å². The molecule has 0 saturated heterocycles. The molecule has 0 heterocycles. The van der Waals surface area contributed by atoms with Crippen LogP contribution in [0.3, 0.4) is 0 Å². The molecule has 0 aliphatic carbocycles. The number of aryl methyl sites for hydroxylation is 1. The van der Waals surface area contributed by atoms with E-state index in [1.807, 2.05) is 18.2 Å². The number of benzene rings is 2. The maximum absolute atomic E-state index is 13.2. The highest BCUT2D eigenvalue weighted by atomic mass is 19.1. The Balaban J connectivity index is 2.00. The standard InChI is InChI=1S/C16H17FN2O/c1-11-9-12(3-8-15(11)17)10-19-14-6-4-13(5-7-14)16(20)18-2/h3-9,19H,10H2,1-2H3,(H,18,20). The molecule has 0 atom stereocenters. The fourth-order valence-electron chi connectivity index (χ4n) is 1.90. The predicted molar refractivity (Wildman–Crippen MR) is 78.3 cm³/mol. The van der Waals surface area contributed by atoms with Crippen LogP contribution in [0.5, 0.6) is 0 Å². The predicted octanol–water partition coefficient (Wildman–Crippen LogP) is 3.11. The van der Waals surface area contributed by atoms with Gasteiger partial charge in [-0.15, -0.1) is 0 Å². The molecule has 20 heavy (non-hydrogen) atoms. The van der Waals surface area contributed by atoms with E-state index in [0.717, 1.165) is 11.3 Å². The van der Waals surface area contributed by atoms with Crippen molar-refractivity contribution in [2.75, 3.05) is 12.4 Å².